The lowest BCUT2D eigenvalue weighted by molar-refractivity contribution is -0.135. The minimum Gasteiger partial charge on any atom is -0.497 e. The van der Waals surface area contributed by atoms with Crippen molar-refractivity contribution in [1.82, 2.24) is 14.5 Å². The van der Waals surface area contributed by atoms with Gasteiger partial charge in [0.25, 0.3) is 0 Å². The molecule has 1 aliphatic rings. The Morgan fingerprint density at radius 2 is 1.93 bits per heavy atom. The van der Waals surface area contributed by atoms with Gasteiger partial charge in [0.15, 0.2) is 5.16 Å². The molecule has 0 N–H and O–H groups in total. The van der Waals surface area contributed by atoms with Crippen molar-refractivity contribution >= 4 is 28.7 Å². The molecule has 2 heterocycles. The highest BCUT2D eigenvalue weighted by molar-refractivity contribution is 7.99. The van der Waals surface area contributed by atoms with Crippen molar-refractivity contribution in [1.29, 1.82) is 0 Å². The van der Waals surface area contributed by atoms with Crippen LogP contribution in [0.1, 0.15) is 0 Å². The minimum atomic E-state index is 0.0935. The van der Waals surface area contributed by atoms with Gasteiger partial charge in [0.2, 0.25) is 5.91 Å². The number of methoxy groups -OCH3 is 1. The van der Waals surface area contributed by atoms with Crippen LogP contribution in [-0.4, -0.2) is 66.1 Å². The molecule has 1 fully saturated rings. The fourth-order valence-corrected chi connectivity index (χ4v) is 4.18. The normalized spacial score (nSPS) is 14.1. The van der Waals surface area contributed by atoms with Crippen LogP contribution < -0.4 is 9.47 Å². The Hall–Kier alpha value is -2.71. The van der Waals surface area contributed by atoms with Crippen molar-refractivity contribution in [3.05, 3.63) is 48.5 Å². The summed E-state index contributed by atoms with van der Waals surface area (Å²) in [5.74, 6) is 2.34. The molecular weight excluding hydrogens is 402 g/mol. The number of para-hydroxylation sites is 2. The monoisotopic (exact) mass is 427 g/mol. The van der Waals surface area contributed by atoms with Gasteiger partial charge in [-0.05, 0) is 24.3 Å². The molecule has 30 heavy (non-hydrogen) atoms. The molecule has 1 aromatic heterocycles. The second-order valence-electron chi connectivity index (χ2n) is 6.84. The molecule has 0 bridgehead atoms. The van der Waals surface area contributed by atoms with E-state index in [0.717, 1.165) is 27.7 Å². The summed E-state index contributed by atoms with van der Waals surface area (Å²) < 4.78 is 18.4. The van der Waals surface area contributed by atoms with Crippen LogP contribution in [0, 0.1) is 0 Å². The summed E-state index contributed by atoms with van der Waals surface area (Å²) >= 11 is 1.59. The van der Waals surface area contributed by atoms with Crippen molar-refractivity contribution in [3.8, 4) is 11.5 Å². The SMILES string of the molecule is COc1cccc(OCCSc2nc3ccccc3n2CC(=O)N2CCOCC2)c1. The summed E-state index contributed by atoms with van der Waals surface area (Å²) in [7, 11) is 1.64. The Kier molecular flexibility index (Phi) is 6.76. The molecule has 0 spiro atoms. The summed E-state index contributed by atoms with van der Waals surface area (Å²) in [6.07, 6.45) is 0. The van der Waals surface area contributed by atoms with E-state index in [2.05, 4.69) is 0 Å². The lowest BCUT2D eigenvalue weighted by Crippen LogP contribution is -2.42. The molecule has 0 aliphatic carbocycles. The highest BCUT2D eigenvalue weighted by Gasteiger charge is 2.20. The van der Waals surface area contributed by atoms with Crippen molar-refractivity contribution in [3.63, 3.8) is 0 Å². The van der Waals surface area contributed by atoms with Crippen LogP contribution in [0.15, 0.2) is 53.7 Å². The number of hydrogen-bond donors (Lipinski definition) is 0. The van der Waals surface area contributed by atoms with Gasteiger partial charge in [-0.3, -0.25) is 4.79 Å². The van der Waals surface area contributed by atoms with Crippen LogP contribution in [0.4, 0.5) is 0 Å². The Morgan fingerprint density at radius 1 is 1.13 bits per heavy atom. The number of ether oxygens (including phenoxy) is 3. The Bertz CT molecular complexity index is 1000. The molecule has 0 radical (unpaired) electrons. The average Bonchev–Trinajstić information content (AvgIpc) is 3.14. The number of carbonyl (C=O) groups excluding carboxylic acids is 1. The molecule has 0 atom stereocenters. The number of fused-ring (bicyclic) bond motifs is 1. The average molecular weight is 428 g/mol. The number of rotatable bonds is 8. The summed E-state index contributed by atoms with van der Waals surface area (Å²) in [6, 6.07) is 15.5. The number of aromatic nitrogens is 2. The first-order valence-corrected chi connectivity index (χ1v) is 10.9. The number of nitrogens with zero attached hydrogens (tertiary/aromatic N) is 3. The predicted octanol–water partition coefficient (Wildman–Crippen LogP) is 3.07. The highest BCUT2D eigenvalue weighted by atomic mass is 32.2. The highest BCUT2D eigenvalue weighted by Crippen LogP contribution is 2.25. The van der Waals surface area contributed by atoms with Crippen LogP contribution in [0.2, 0.25) is 0 Å². The van der Waals surface area contributed by atoms with E-state index in [9.17, 15) is 4.79 Å². The molecule has 3 aromatic rings. The second-order valence-corrected chi connectivity index (χ2v) is 7.90. The number of morpholine rings is 1. The molecule has 0 saturated carbocycles. The van der Waals surface area contributed by atoms with E-state index in [4.69, 9.17) is 19.2 Å². The summed E-state index contributed by atoms with van der Waals surface area (Å²) in [5, 5.41) is 0.826. The van der Waals surface area contributed by atoms with E-state index >= 15 is 0 Å². The van der Waals surface area contributed by atoms with Crippen LogP contribution in [0.3, 0.4) is 0 Å². The van der Waals surface area contributed by atoms with Gasteiger partial charge in [0, 0.05) is 24.9 Å². The molecule has 0 unspecified atom stereocenters. The maximum Gasteiger partial charge on any atom is 0.242 e. The largest absolute Gasteiger partial charge is 0.497 e. The standard InChI is InChI=1S/C22H25N3O4S/c1-27-17-5-4-6-18(15-17)29-13-14-30-22-23-19-7-2-3-8-20(19)25(22)16-21(26)24-9-11-28-12-10-24/h2-8,15H,9-14,16H2,1H3. The third-order valence-corrected chi connectivity index (χ3v) is 5.84. The number of hydrogen-bond acceptors (Lipinski definition) is 6. The summed E-state index contributed by atoms with van der Waals surface area (Å²) in [4.78, 5) is 19.4. The van der Waals surface area contributed by atoms with Gasteiger partial charge in [0.1, 0.15) is 18.0 Å². The number of thioether (sulfide) groups is 1. The van der Waals surface area contributed by atoms with E-state index in [0.29, 0.717) is 38.7 Å². The van der Waals surface area contributed by atoms with Gasteiger partial charge < -0.3 is 23.7 Å². The Balaban J connectivity index is 1.42. The first kappa shape index (κ1) is 20.6. The van der Waals surface area contributed by atoms with Crippen molar-refractivity contribution < 1.29 is 19.0 Å². The zero-order chi connectivity index (χ0) is 20.8. The topological polar surface area (TPSA) is 65.8 Å². The maximum atomic E-state index is 12.8. The Labute approximate surface area is 179 Å². The van der Waals surface area contributed by atoms with Crippen molar-refractivity contribution in [2.75, 3.05) is 45.8 Å². The summed E-state index contributed by atoms with van der Waals surface area (Å²) in [6.45, 7) is 3.28. The quantitative estimate of drug-likeness (QED) is 0.407. The van der Waals surface area contributed by atoms with Crippen LogP contribution >= 0.6 is 11.8 Å². The molecule has 4 rings (SSSR count). The van der Waals surface area contributed by atoms with E-state index in [1.165, 1.54) is 0 Å². The van der Waals surface area contributed by atoms with Crippen molar-refractivity contribution in [2.45, 2.75) is 11.7 Å². The first-order valence-electron chi connectivity index (χ1n) is 9.95. The van der Waals surface area contributed by atoms with Gasteiger partial charge >= 0.3 is 0 Å². The minimum absolute atomic E-state index is 0.0935. The molecule has 1 aliphatic heterocycles. The molecule has 1 saturated heterocycles. The molecular formula is C22H25N3O4S. The molecule has 1 amide bonds. The van der Waals surface area contributed by atoms with E-state index in [-0.39, 0.29) is 12.5 Å². The van der Waals surface area contributed by atoms with Crippen molar-refractivity contribution in [2.24, 2.45) is 0 Å². The molecule has 7 nitrogen and oxygen atoms in total. The number of benzene rings is 2. The zero-order valence-electron chi connectivity index (χ0n) is 17.0. The smallest absolute Gasteiger partial charge is 0.242 e. The lowest BCUT2D eigenvalue weighted by atomic mass is 10.3. The first-order chi connectivity index (χ1) is 14.7. The second kappa shape index (κ2) is 9.86. The van der Waals surface area contributed by atoms with E-state index < -0.39 is 0 Å². The maximum absolute atomic E-state index is 12.8. The third kappa shape index (κ3) is 4.88. The van der Waals surface area contributed by atoms with Crippen LogP contribution in [0.5, 0.6) is 11.5 Å². The fourth-order valence-electron chi connectivity index (χ4n) is 3.35. The van der Waals surface area contributed by atoms with Gasteiger partial charge in [-0.25, -0.2) is 4.98 Å². The van der Waals surface area contributed by atoms with Gasteiger partial charge in [-0.2, -0.15) is 0 Å². The van der Waals surface area contributed by atoms with Gasteiger partial charge in [-0.15, -0.1) is 0 Å². The molecule has 2 aromatic carbocycles. The van der Waals surface area contributed by atoms with E-state index in [1.807, 2.05) is 58.0 Å². The van der Waals surface area contributed by atoms with Gasteiger partial charge in [-0.1, -0.05) is 30.0 Å². The Morgan fingerprint density at radius 3 is 2.77 bits per heavy atom. The van der Waals surface area contributed by atoms with Crippen LogP contribution in [-0.2, 0) is 16.1 Å². The zero-order valence-corrected chi connectivity index (χ0v) is 17.8. The molecule has 158 valence electrons. The lowest BCUT2D eigenvalue weighted by Gasteiger charge is -2.27. The third-order valence-electron chi connectivity index (χ3n) is 4.90. The number of carbonyl (C=O) groups is 1. The predicted molar refractivity (Wildman–Crippen MR) is 116 cm³/mol. The number of imidazole rings is 1. The fraction of sp³-hybridized carbons (Fsp3) is 0.364. The van der Waals surface area contributed by atoms with E-state index in [1.54, 1.807) is 18.9 Å². The molecule has 8 heteroatoms. The van der Waals surface area contributed by atoms with Crippen LogP contribution in [0.25, 0.3) is 11.0 Å². The summed E-state index contributed by atoms with van der Waals surface area (Å²) in [5.41, 5.74) is 1.86. The van der Waals surface area contributed by atoms with Gasteiger partial charge in [0.05, 0.1) is 38.0 Å². The number of amides is 1.